The normalized spacial score (nSPS) is 15.2. The average molecular weight is 256 g/mol. The van der Waals surface area contributed by atoms with Crippen LogP contribution in [0.1, 0.15) is 73.6 Å². The Balaban J connectivity index is 3.86. The topological polar surface area (TPSA) is 26.3 Å². The van der Waals surface area contributed by atoms with E-state index < -0.39 is 0 Å². The molecule has 0 fully saturated rings. The molecule has 18 heavy (non-hydrogen) atoms. The summed E-state index contributed by atoms with van der Waals surface area (Å²) in [5.41, 5.74) is 0.359. The van der Waals surface area contributed by atoms with Gasteiger partial charge in [-0.05, 0) is 37.0 Å². The van der Waals surface area contributed by atoms with Crippen LogP contribution in [0, 0.1) is 17.3 Å². The number of hydrogen-bond acceptors (Lipinski definition) is 2. The number of carbonyl (C=O) groups excluding carboxylic acids is 1. The molecule has 0 rings (SSSR count). The molecular formula is C16H32O2. The summed E-state index contributed by atoms with van der Waals surface area (Å²) >= 11 is 0. The van der Waals surface area contributed by atoms with Gasteiger partial charge in [0, 0.05) is 0 Å². The quantitative estimate of drug-likeness (QED) is 0.582. The highest BCUT2D eigenvalue weighted by Crippen LogP contribution is 2.26. The molecule has 0 heterocycles. The van der Waals surface area contributed by atoms with Crippen molar-refractivity contribution in [3.8, 4) is 0 Å². The Morgan fingerprint density at radius 3 is 2.22 bits per heavy atom. The van der Waals surface area contributed by atoms with E-state index in [9.17, 15) is 4.79 Å². The Hall–Kier alpha value is -0.530. The van der Waals surface area contributed by atoms with Crippen molar-refractivity contribution in [2.75, 3.05) is 6.61 Å². The van der Waals surface area contributed by atoms with E-state index in [-0.39, 0.29) is 11.9 Å². The molecular weight excluding hydrogens is 224 g/mol. The van der Waals surface area contributed by atoms with Gasteiger partial charge in [0.05, 0.1) is 12.5 Å². The van der Waals surface area contributed by atoms with Crippen LogP contribution in [0.5, 0.6) is 0 Å². The molecule has 0 aliphatic carbocycles. The van der Waals surface area contributed by atoms with E-state index in [2.05, 4.69) is 41.5 Å². The van der Waals surface area contributed by atoms with E-state index in [1.807, 2.05) is 0 Å². The van der Waals surface area contributed by atoms with Crippen LogP contribution in [-0.4, -0.2) is 12.6 Å². The molecule has 0 amide bonds. The minimum absolute atomic E-state index is 0.00214. The molecule has 0 saturated carbocycles. The van der Waals surface area contributed by atoms with Crippen molar-refractivity contribution in [3.05, 3.63) is 0 Å². The van der Waals surface area contributed by atoms with Crippen LogP contribution in [-0.2, 0) is 9.53 Å². The maximum absolute atomic E-state index is 11.8. The van der Waals surface area contributed by atoms with Crippen molar-refractivity contribution in [3.63, 3.8) is 0 Å². The molecule has 108 valence electrons. The number of ether oxygens (including phenoxy) is 1. The largest absolute Gasteiger partial charge is 0.465 e. The maximum atomic E-state index is 11.8. The van der Waals surface area contributed by atoms with Gasteiger partial charge in [-0.15, -0.1) is 0 Å². The summed E-state index contributed by atoms with van der Waals surface area (Å²) in [5, 5.41) is 0. The van der Waals surface area contributed by atoms with Crippen molar-refractivity contribution < 1.29 is 9.53 Å². The minimum Gasteiger partial charge on any atom is -0.465 e. The zero-order chi connectivity index (χ0) is 14.2. The summed E-state index contributed by atoms with van der Waals surface area (Å²) in [5.74, 6) is 0.722. The fourth-order valence-electron chi connectivity index (χ4n) is 2.46. The molecule has 2 heteroatoms. The first kappa shape index (κ1) is 17.5. The lowest BCUT2D eigenvalue weighted by Gasteiger charge is -2.23. The van der Waals surface area contributed by atoms with E-state index in [0.717, 1.165) is 25.7 Å². The SMILES string of the molecule is CCCC(CC)C(=O)OCCC(C)CC(C)(C)C. The number of esters is 1. The fourth-order valence-corrected chi connectivity index (χ4v) is 2.46. The summed E-state index contributed by atoms with van der Waals surface area (Å²) in [6, 6.07) is 0. The molecule has 0 aromatic rings. The Labute approximate surface area is 113 Å². The van der Waals surface area contributed by atoms with E-state index in [1.54, 1.807) is 0 Å². The Bertz CT molecular complexity index is 228. The van der Waals surface area contributed by atoms with Gasteiger partial charge in [0.2, 0.25) is 0 Å². The predicted molar refractivity (Wildman–Crippen MR) is 77.5 cm³/mol. The number of hydrogen-bond donors (Lipinski definition) is 0. The molecule has 0 N–H and O–H groups in total. The Morgan fingerprint density at radius 2 is 1.78 bits per heavy atom. The molecule has 2 nitrogen and oxygen atoms in total. The first-order valence-electron chi connectivity index (χ1n) is 7.46. The number of carbonyl (C=O) groups is 1. The minimum atomic E-state index is 0.00214. The molecule has 0 aliphatic rings. The van der Waals surface area contributed by atoms with Crippen LogP contribution in [0.15, 0.2) is 0 Å². The molecule has 0 spiro atoms. The molecule has 2 atom stereocenters. The predicted octanol–water partition coefficient (Wildman–Crippen LogP) is 4.82. The van der Waals surface area contributed by atoms with Crippen LogP contribution < -0.4 is 0 Å². The first-order chi connectivity index (χ1) is 8.30. The monoisotopic (exact) mass is 256 g/mol. The molecule has 0 aromatic heterocycles. The lowest BCUT2D eigenvalue weighted by molar-refractivity contribution is -0.149. The standard InChI is InChI=1S/C16H32O2/c1-7-9-14(8-2)15(17)18-11-10-13(3)12-16(4,5)6/h13-14H,7-12H2,1-6H3. The van der Waals surface area contributed by atoms with E-state index in [4.69, 9.17) is 4.74 Å². The summed E-state index contributed by atoms with van der Waals surface area (Å²) < 4.78 is 5.39. The van der Waals surface area contributed by atoms with Gasteiger partial charge in [0.15, 0.2) is 0 Å². The van der Waals surface area contributed by atoms with Gasteiger partial charge in [-0.25, -0.2) is 0 Å². The second kappa shape index (κ2) is 8.55. The van der Waals surface area contributed by atoms with Crippen LogP contribution in [0.25, 0.3) is 0 Å². The van der Waals surface area contributed by atoms with Crippen LogP contribution in [0.3, 0.4) is 0 Å². The molecule has 0 saturated heterocycles. The van der Waals surface area contributed by atoms with E-state index in [0.29, 0.717) is 17.9 Å². The van der Waals surface area contributed by atoms with Gasteiger partial charge in [-0.3, -0.25) is 4.79 Å². The Morgan fingerprint density at radius 1 is 1.17 bits per heavy atom. The summed E-state index contributed by atoms with van der Waals surface area (Å²) in [7, 11) is 0. The van der Waals surface area contributed by atoms with Crippen molar-refractivity contribution in [1.29, 1.82) is 0 Å². The third kappa shape index (κ3) is 8.54. The summed E-state index contributed by atoms with van der Waals surface area (Å²) in [4.78, 5) is 11.8. The lowest BCUT2D eigenvalue weighted by Crippen LogP contribution is -2.19. The van der Waals surface area contributed by atoms with Gasteiger partial charge in [-0.2, -0.15) is 0 Å². The van der Waals surface area contributed by atoms with Crippen molar-refractivity contribution >= 4 is 5.97 Å². The van der Waals surface area contributed by atoms with Crippen molar-refractivity contribution in [2.24, 2.45) is 17.3 Å². The molecule has 2 unspecified atom stereocenters. The van der Waals surface area contributed by atoms with Crippen LogP contribution >= 0.6 is 0 Å². The van der Waals surface area contributed by atoms with Crippen molar-refractivity contribution in [2.45, 2.75) is 73.6 Å². The van der Waals surface area contributed by atoms with Crippen molar-refractivity contribution in [1.82, 2.24) is 0 Å². The molecule has 0 aliphatic heterocycles. The molecule has 0 radical (unpaired) electrons. The third-order valence-corrected chi connectivity index (χ3v) is 3.28. The highest BCUT2D eigenvalue weighted by molar-refractivity contribution is 5.72. The van der Waals surface area contributed by atoms with Gasteiger partial charge in [0.1, 0.15) is 0 Å². The van der Waals surface area contributed by atoms with Gasteiger partial charge in [0.25, 0.3) is 0 Å². The second-order valence-corrected chi connectivity index (χ2v) is 6.72. The van der Waals surface area contributed by atoms with Gasteiger partial charge >= 0.3 is 5.97 Å². The summed E-state index contributed by atoms with van der Waals surface area (Å²) in [6.07, 6.45) is 5.05. The smallest absolute Gasteiger partial charge is 0.308 e. The second-order valence-electron chi connectivity index (χ2n) is 6.72. The average Bonchev–Trinajstić information content (AvgIpc) is 2.23. The van der Waals surface area contributed by atoms with Gasteiger partial charge < -0.3 is 4.74 Å². The van der Waals surface area contributed by atoms with Gasteiger partial charge in [-0.1, -0.05) is 48.0 Å². The lowest BCUT2D eigenvalue weighted by atomic mass is 9.84. The van der Waals surface area contributed by atoms with E-state index in [1.165, 1.54) is 6.42 Å². The highest BCUT2D eigenvalue weighted by atomic mass is 16.5. The first-order valence-corrected chi connectivity index (χ1v) is 7.46. The van der Waals surface area contributed by atoms with Crippen LogP contribution in [0.4, 0.5) is 0 Å². The molecule has 0 bridgehead atoms. The maximum Gasteiger partial charge on any atom is 0.308 e. The fraction of sp³-hybridized carbons (Fsp3) is 0.938. The molecule has 0 aromatic carbocycles. The highest BCUT2D eigenvalue weighted by Gasteiger charge is 2.18. The Kier molecular flexibility index (Phi) is 8.30. The van der Waals surface area contributed by atoms with E-state index >= 15 is 0 Å². The zero-order valence-electron chi connectivity index (χ0n) is 13.2. The number of rotatable bonds is 8. The summed E-state index contributed by atoms with van der Waals surface area (Å²) in [6.45, 7) is 13.8. The van der Waals surface area contributed by atoms with Crippen LogP contribution in [0.2, 0.25) is 0 Å². The zero-order valence-corrected chi connectivity index (χ0v) is 13.2. The third-order valence-electron chi connectivity index (χ3n) is 3.28.